The molecule has 2 aliphatic heterocycles. The third kappa shape index (κ3) is 3.91. The van der Waals surface area contributed by atoms with Crippen molar-refractivity contribution in [3.05, 3.63) is 69.9 Å². The highest BCUT2D eigenvalue weighted by molar-refractivity contribution is 7.81. The van der Waals surface area contributed by atoms with Crippen molar-refractivity contribution in [1.29, 1.82) is 5.26 Å². The van der Waals surface area contributed by atoms with E-state index in [0.717, 1.165) is 25.2 Å². The van der Waals surface area contributed by atoms with Gasteiger partial charge >= 0.3 is 0 Å². The Morgan fingerprint density at radius 1 is 1.23 bits per heavy atom. The third-order valence-electron chi connectivity index (χ3n) is 5.84. The van der Waals surface area contributed by atoms with Crippen molar-refractivity contribution >= 4 is 29.9 Å². The van der Waals surface area contributed by atoms with Crippen molar-refractivity contribution in [2.75, 3.05) is 18.0 Å². The first kappa shape index (κ1) is 21.1. The van der Waals surface area contributed by atoms with E-state index in [9.17, 15) is 10.4 Å². The Morgan fingerprint density at radius 2 is 1.97 bits per heavy atom. The number of phenolic OH excluding ortho intramolecular Hbond substituents is 1. The van der Waals surface area contributed by atoms with E-state index >= 15 is 0 Å². The van der Waals surface area contributed by atoms with Crippen LogP contribution in [-0.2, 0) is 0 Å². The van der Waals surface area contributed by atoms with Gasteiger partial charge in [-0.15, -0.1) is 12.6 Å². The van der Waals surface area contributed by atoms with Crippen LogP contribution in [0.3, 0.4) is 0 Å². The zero-order valence-electron chi connectivity index (χ0n) is 17.0. The number of anilines is 1. The largest absolute Gasteiger partial charge is 0.508 e. The van der Waals surface area contributed by atoms with Gasteiger partial charge in [0.1, 0.15) is 17.3 Å². The Labute approximate surface area is 187 Å². The molecule has 2 heterocycles. The number of hydrogen-bond donors (Lipinski definition) is 4. The van der Waals surface area contributed by atoms with Crippen molar-refractivity contribution in [2.24, 2.45) is 0 Å². The van der Waals surface area contributed by atoms with Gasteiger partial charge in [0.2, 0.25) is 0 Å². The smallest absolute Gasteiger partial charge is 0.130 e. The summed E-state index contributed by atoms with van der Waals surface area (Å²) in [7, 11) is 0. The summed E-state index contributed by atoms with van der Waals surface area (Å²) in [6.45, 7) is 6.01. The summed E-state index contributed by atoms with van der Waals surface area (Å²) in [5.74, 6) is 0.604. The highest BCUT2D eigenvalue weighted by Crippen LogP contribution is 2.41. The van der Waals surface area contributed by atoms with Gasteiger partial charge in [-0.1, -0.05) is 23.7 Å². The van der Waals surface area contributed by atoms with Crippen molar-refractivity contribution in [1.82, 2.24) is 10.6 Å². The highest BCUT2D eigenvalue weighted by Gasteiger charge is 2.43. The lowest BCUT2D eigenvalue weighted by atomic mass is 9.85. The lowest BCUT2D eigenvalue weighted by Crippen LogP contribution is -2.38. The molecule has 2 atom stereocenters. The maximum Gasteiger partial charge on any atom is 0.130 e. The van der Waals surface area contributed by atoms with E-state index in [1.165, 1.54) is 16.8 Å². The number of halogens is 1. The average molecular weight is 441 g/mol. The topological polar surface area (TPSA) is 71.3 Å². The first-order valence-electron chi connectivity index (χ1n) is 9.97. The number of phenols is 1. The van der Waals surface area contributed by atoms with Crippen LogP contribution in [0.5, 0.6) is 5.75 Å². The standard InChI is InChI=1S/C23H25ClN4OS/c1-23(2)21(17-9-16(12-26-13-17)14-4-7-19(29)8-5-14)28(22(30)27-23)18-6-3-15(11-25)20(24)10-18/h3-8,10,16,22,26-27,29-30H,9,12-13H2,1-2H3/b21-17-. The molecule has 2 aromatic carbocycles. The van der Waals surface area contributed by atoms with Crippen LogP contribution in [-0.4, -0.2) is 29.2 Å². The number of thiol groups is 1. The molecule has 7 heteroatoms. The molecule has 2 aliphatic rings. The fourth-order valence-electron chi connectivity index (χ4n) is 4.51. The number of nitrogens with zero attached hydrogens (tertiary/aromatic N) is 2. The van der Waals surface area contributed by atoms with Crippen molar-refractivity contribution < 1.29 is 5.11 Å². The van der Waals surface area contributed by atoms with Gasteiger partial charge in [-0.05, 0) is 61.7 Å². The Morgan fingerprint density at radius 3 is 2.63 bits per heavy atom. The molecule has 0 bridgehead atoms. The van der Waals surface area contributed by atoms with Crippen molar-refractivity contribution in [3.63, 3.8) is 0 Å². The van der Waals surface area contributed by atoms with Gasteiger partial charge < -0.3 is 15.3 Å². The Hall–Kier alpha value is -2.17. The zero-order chi connectivity index (χ0) is 21.5. The van der Waals surface area contributed by atoms with E-state index < -0.39 is 0 Å². The van der Waals surface area contributed by atoms with Crippen LogP contribution in [0.2, 0.25) is 5.02 Å². The number of nitrogens with one attached hydrogen (secondary N) is 2. The summed E-state index contributed by atoms with van der Waals surface area (Å²) in [5, 5.41) is 26.4. The van der Waals surface area contributed by atoms with Crippen LogP contribution >= 0.6 is 24.2 Å². The summed E-state index contributed by atoms with van der Waals surface area (Å²) < 4.78 is 0. The second-order valence-electron chi connectivity index (χ2n) is 8.36. The molecule has 2 unspecified atom stereocenters. The monoisotopic (exact) mass is 440 g/mol. The Bertz CT molecular complexity index is 1030. The van der Waals surface area contributed by atoms with Crippen LogP contribution in [0.1, 0.15) is 37.3 Å². The molecule has 0 saturated carbocycles. The second-order valence-corrected chi connectivity index (χ2v) is 9.26. The number of nitriles is 1. The normalized spacial score (nSPS) is 25.9. The quantitative estimate of drug-likeness (QED) is 0.522. The van der Waals surface area contributed by atoms with E-state index in [4.69, 9.17) is 24.2 Å². The molecule has 156 valence electrons. The van der Waals surface area contributed by atoms with E-state index in [0.29, 0.717) is 16.5 Å². The fraction of sp³-hybridized carbons (Fsp3) is 0.348. The van der Waals surface area contributed by atoms with Gasteiger partial charge in [0.15, 0.2) is 0 Å². The lowest BCUT2D eigenvalue weighted by molar-refractivity contribution is 0.473. The average Bonchev–Trinajstić information content (AvgIpc) is 2.96. The highest BCUT2D eigenvalue weighted by atomic mass is 35.5. The maximum atomic E-state index is 9.62. The molecule has 0 spiro atoms. The zero-order valence-corrected chi connectivity index (χ0v) is 18.6. The molecule has 2 saturated heterocycles. The maximum absolute atomic E-state index is 9.62. The molecular formula is C23H25ClN4OS. The minimum absolute atomic E-state index is 0.208. The SMILES string of the molecule is CC1(C)NC(S)N(c2ccc(C#N)c(Cl)c2)/C1=C1\CNCC(c2ccc(O)cc2)C1. The van der Waals surface area contributed by atoms with Crippen LogP contribution in [0.15, 0.2) is 53.7 Å². The minimum Gasteiger partial charge on any atom is -0.508 e. The number of benzene rings is 2. The molecule has 2 fully saturated rings. The summed E-state index contributed by atoms with van der Waals surface area (Å²) in [6, 6.07) is 15.1. The Balaban J connectivity index is 1.74. The predicted molar refractivity (Wildman–Crippen MR) is 124 cm³/mol. The summed E-state index contributed by atoms with van der Waals surface area (Å²) >= 11 is 11.1. The summed E-state index contributed by atoms with van der Waals surface area (Å²) in [4.78, 5) is 2.17. The van der Waals surface area contributed by atoms with Gasteiger partial charge in [-0.25, -0.2) is 0 Å². The van der Waals surface area contributed by atoms with Gasteiger partial charge in [-0.3, -0.25) is 5.32 Å². The van der Waals surface area contributed by atoms with Gasteiger partial charge in [0.05, 0.1) is 16.1 Å². The van der Waals surface area contributed by atoms with E-state index in [1.807, 2.05) is 24.3 Å². The predicted octanol–water partition coefficient (Wildman–Crippen LogP) is 4.35. The fourth-order valence-corrected chi connectivity index (χ4v) is 5.30. The minimum atomic E-state index is -0.277. The molecule has 0 radical (unpaired) electrons. The molecule has 5 nitrogen and oxygen atoms in total. The number of piperidine rings is 1. The summed E-state index contributed by atoms with van der Waals surface area (Å²) in [6.07, 6.45) is 0.916. The molecule has 4 rings (SSSR count). The van der Waals surface area contributed by atoms with Crippen LogP contribution in [0, 0.1) is 11.3 Å². The molecule has 0 aromatic heterocycles. The van der Waals surface area contributed by atoms with E-state index in [-0.39, 0.29) is 16.8 Å². The van der Waals surface area contributed by atoms with Crippen LogP contribution in [0.4, 0.5) is 5.69 Å². The lowest BCUT2D eigenvalue weighted by Gasteiger charge is -2.34. The first-order chi connectivity index (χ1) is 14.3. The second kappa shape index (κ2) is 8.16. The van der Waals surface area contributed by atoms with Crippen LogP contribution in [0.25, 0.3) is 0 Å². The first-order valence-corrected chi connectivity index (χ1v) is 10.9. The van der Waals surface area contributed by atoms with Gasteiger partial charge in [0.25, 0.3) is 0 Å². The van der Waals surface area contributed by atoms with Gasteiger partial charge in [-0.2, -0.15) is 5.26 Å². The van der Waals surface area contributed by atoms with Crippen molar-refractivity contribution in [3.8, 4) is 11.8 Å². The van der Waals surface area contributed by atoms with Crippen molar-refractivity contribution in [2.45, 2.75) is 37.2 Å². The summed E-state index contributed by atoms with van der Waals surface area (Å²) in [5.41, 5.74) is 4.58. The number of aromatic hydroxyl groups is 1. The number of hydrogen-bond acceptors (Lipinski definition) is 6. The molecule has 30 heavy (non-hydrogen) atoms. The number of rotatable bonds is 2. The molecular weight excluding hydrogens is 416 g/mol. The Kier molecular flexibility index (Phi) is 5.73. The molecule has 0 amide bonds. The third-order valence-corrected chi connectivity index (χ3v) is 6.51. The van der Waals surface area contributed by atoms with Crippen LogP contribution < -0.4 is 15.5 Å². The molecule has 3 N–H and O–H groups in total. The van der Waals surface area contributed by atoms with E-state index in [1.54, 1.807) is 18.2 Å². The van der Waals surface area contributed by atoms with E-state index in [2.05, 4.69) is 35.5 Å². The van der Waals surface area contributed by atoms with Gasteiger partial charge in [0, 0.05) is 30.4 Å². The molecule has 0 aliphatic carbocycles. The molecule has 2 aromatic rings.